The standard InChI is InChI=1S/C24H22N2O5S.C20H17NO4S.C16H14N2O4S.C16H16N2O3S2/c1-15-9-12-17(13-10-15)32(28,29)31-26-21(22(27)24(2,3)4)23-25-20-18-8-6-5-7-16(18)11-14-19(20)30-23;1-13-7-10-16(11-8-13)26(22,23)25-21-20-14(2)24-18-12-9-15-5-3-4-6-17(15)19(18)20;1-12-2-8-15(9-3-12)23(20,21)22-18-16(10-17)14-6-4-13(11-19)5-7-14;1-3-10-23(19,20)21-18-16-14(8-9-22-16)15(11-17)13-7-5-4-6-12(13)2/h5-14H,1-4H3;3-12,14H,1-2H3;2-9,19H,11H2,1H3;4-9H,3,10H2,1-2H3/b26-21+;21-20+;18-16+;15-14+,18-16-. The Labute approximate surface area is 607 Å². The van der Waals surface area contributed by atoms with Crippen LogP contribution in [0.2, 0.25) is 0 Å². The number of Topliss-reactive ketones (excluding diaryl/α,β-unsaturated/α-hetero) is 1. The number of allylic oxidation sites excluding steroid dienone is 2. The number of nitriles is 2. The van der Waals surface area contributed by atoms with Gasteiger partial charge in [0.1, 0.15) is 55.0 Å². The first-order valence-corrected chi connectivity index (χ1v) is 38.5. The molecule has 12 rings (SSSR count). The molecule has 0 saturated heterocycles. The summed E-state index contributed by atoms with van der Waals surface area (Å²) >= 11 is 1.22. The molecule has 0 spiro atoms. The summed E-state index contributed by atoms with van der Waals surface area (Å²) in [7, 11) is -16.0. The van der Waals surface area contributed by atoms with Crippen LogP contribution in [0.25, 0.3) is 38.2 Å². The Morgan fingerprint density at radius 1 is 0.615 bits per heavy atom. The highest BCUT2D eigenvalue weighted by Crippen LogP contribution is 2.37. The number of aliphatic hydroxyl groups is 1. The maximum atomic E-state index is 13.1. The molecule has 0 bridgehead atoms. The van der Waals surface area contributed by atoms with Gasteiger partial charge in [-0.05, 0) is 134 Å². The highest BCUT2D eigenvalue weighted by atomic mass is 32.2. The van der Waals surface area contributed by atoms with Gasteiger partial charge < -0.3 is 14.3 Å². The molecule has 9 aromatic carbocycles. The van der Waals surface area contributed by atoms with E-state index in [4.69, 9.17) is 32.4 Å². The van der Waals surface area contributed by atoms with E-state index in [0.717, 1.165) is 54.9 Å². The van der Waals surface area contributed by atoms with Gasteiger partial charge in [0.05, 0.1) is 23.5 Å². The summed E-state index contributed by atoms with van der Waals surface area (Å²) < 4.78 is 128. The van der Waals surface area contributed by atoms with Crippen molar-refractivity contribution in [1.82, 2.24) is 4.98 Å². The Hall–Kier alpha value is -11.1. The largest absolute Gasteiger partial charge is 0.484 e. The van der Waals surface area contributed by atoms with Gasteiger partial charge in [-0.15, -0.1) is 0 Å². The van der Waals surface area contributed by atoms with E-state index in [9.17, 15) is 43.7 Å². The molecule has 2 aliphatic heterocycles. The number of carbonyl (C=O) groups excluding carboxylic acids is 1. The van der Waals surface area contributed by atoms with Crippen molar-refractivity contribution in [1.29, 1.82) is 10.5 Å². The second kappa shape index (κ2) is 33.3. The van der Waals surface area contributed by atoms with Crippen molar-refractivity contribution in [3.05, 3.63) is 262 Å². The minimum Gasteiger partial charge on any atom is -0.484 e. The van der Waals surface area contributed by atoms with Gasteiger partial charge in [0.2, 0.25) is 5.71 Å². The summed E-state index contributed by atoms with van der Waals surface area (Å²) in [5.41, 5.74) is 7.49. The fraction of sp³-hybridized carbons (Fsp3) is 0.184. The number of benzene rings is 9. The van der Waals surface area contributed by atoms with E-state index in [0.29, 0.717) is 56.3 Å². The molecule has 0 radical (unpaired) electrons. The van der Waals surface area contributed by atoms with Gasteiger partial charge in [-0.1, -0.05) is 222 Å². The van der Waals surface area contributed by atoms with Gasteiger partial charge in [0.25, 0.3) is 5.89 Å². The number of oxazole rings is 1. The first-order chi connectivity index (χ1) is 49.5. The third-order valence-corrected chi connectivity index (χ3v) is 20.8. The number of carbonyl (C=O) groups is 1. The number of thioether (sulfide) groups is 1. The minimum atomic E-state index is -4.23. The number of oxime groups is 4. The third-order valence-electron chi connectivity index (χ3n) is 15.5. The van der Waals surface area contributed by atoms with Crippen LogP contribution in [0.1, 0.15) is 91.4 Å². The van der Waals surface area contributed by atoms with E-state index in [1.165, 1.54) is 48.2 Å². The van der Waals surface area contributed by atoms with Crippen molar-refractivity contribution in [3.63, 3.8) is 0 Å². The minimum absolute atomic E-state index is 0.0419. The van der Waals surface area contributed by atoms with Gasteiger partial charge >= 0.3 is 40.5 Å². The summed E-state index contributed by atoms with van der Waals surface area (Å²) in [4.78, 5) is 17.5. The summed E-state index contributed by atoms with van der Waals surface area (Å²) in [6, 6.07) is 59.3. The van der Waals surface area contributed by atoms with Gasteiger partial charge in [-0.2, -0.15) is 44.2 Å². The van der Waals surface area contributed by atoms with Gasteiger partial charge in [-0.25, -0.2) is 4.98 Å². The summed E-state index contributed by atoms with van der Waals surface area (Å²) in [5, 5.41) is 48.4. The zero-order valence-electron chi connectivity index (χ0n) is 57.6. The number of ether oxygens (including phenoxy) is 1. The van der Waals surface area contributed by atoms with Gasteiger partial charge in [-0.3, -0.25) is 21.9 Å². The normalized spacial score (nSPS) is 15.1. The van der Waals surface area contributed by atoms with Crippen LogP contribution in [0.5, 0.6) is 5.75 Å². The number of hydrogen-bond acceptors (Lipinski definition) is 24. The molecule has 534 valence electrons. The lowest BCUT2D eigenvalue weighted by molar-refractivity contribution is -0.119. The van der Waals surface area contributed by atoms with Crippen LogP contribution in [-0.4, -0.2) is 83.6 Å². The number of fused-ring (bicyclic) bond motifs is 6. The number of aliphatic hydroxyl groups excluding tert-OH is 1. The SMILES string of the molecule is CCCS(=O)(=O)O/N=C1\SC=C\C1=C(\C#N)c1ccccc1C.Cc1ccc(S(=O)(=O)O/N=C(\C#N)c2ccc(CO)cc2)cc1.Cc1ccc(S(=O)(=O)O/N=C(\C(=O)C(C)(C)C)c2nc3c(ccc4ccccc43)o2)cc1.Cc1ccc(S(=O)(=O)O/N=C2/c3c(ccc4ccccc34)OC2C)cc1. The Morgan fingerprint density at radius 3 is 1.69 bits per heavy atom. The molecule has 28 heteroatoms. The van der Waals surface area contributed by atoms with Crippen LogP contribution in [-0.2, 0) is 69.0 Å². The van der Waals surface area contributed by atoms with Crippen LogP contribution in [0.3, 0.4) is 0 Å². The predicted molar refractivity (Wildman–Crippen MR) is 399 cm³/mol. The fourth-order valence-electron chi connectivity index (χ4n) is 9.95. The first kappa shape index (κ1) is 77.1. The van der Waals surface area contributed by atoms with E-state index in [2.05, 4.69) is 36.0 Å². The van der Waals surface area contributed by atoms with E-state index in [1.54, 1.807) is 112 Å². The molecule has 1 aromatic heterocycles. The zero-order valence-corrected chi connectivity index (χ0v) is 61.7. The van der Waals surface area contributed by atoms with E-state index < -0.39 is 57.8 Å². The monoisotopic (exact) mass is 1500 g/mol. The molecule has 3 heterocycles. The van der Waals surface area contributed by atoms with Crippen LogP contribution in [0.15, 0.2) is 251 Å². The summed E-state index contributed by atoms with van der Waals surface area (Å²) in [5.74, 6) is 0.0123. The van der Waals surface area contributed by atoms with Crippen molar-refractivity contribution in [2.45, 2.75) is 96.1 Å². The smallest absolute Gasteiger partial charge is 0.358 e. The number of nitrogens with zero attached hydrogens (tertiary/aromatic N) is 7. The lowest BCUT2D eigenvalue weighted by atomic mass is 9.88. The Bertz CT molecular complexity index is 5640. The Balaban J connectivity index is 0.000000162. The topological polar surface area (TPSA) is 343 Å². The van der Waals surface area contributed by atoms with E-state index in [-0.39, 0.29) is 44.4 Å². The highest BCUT2D eigenvalue weighted by Gasteiger charge is 2.34. The van der Waals surface area contributed by atoms with Crippen LogP contribution in [0, 0.1) is 55.8 Å². The average molecular weight is 1500 g/mol. The lowest BCUT2D eigenvalue weighted by Gasteiger charge is -2.15. The van der Waals surface area contributed by atoms with Crippen molar-refractivity contribution < 1.29 is 69.9 Å². The van der Waals surface area contributed by atoms with E-state index in [1.807, 2.05) is 126 Å². The predicted octanol–water partition coefficient (Wildman–Crippen LogP) is 14.8. The lowest BCUT2D eigenvalue weighted by Crippen LogP contribution is -2.30. The zero-order chi connectivity index (χ0) is 75.2. The van der Waals surface area contributed by atoms with Crippen LogP contribution < -0.4 is 4.74 Å². The Kier molecular flexibility index (Phi) is 24.7. The molecule has 0 saturated carbocycles. The molecule has 0 aliphatic carbocycles. The maximum absolute atomic E-state index is 13.1. The van der Waals surface area contributed by atoms with Gasteiger partial charge in [0.15, 0.2) is 17.1 Å². The number of hydrogen-bond donors (Lipinski definition) is 1. The Morgan fingerprint density at radius 2 is 1.14 bits per heavy atom. The highest BCUT2D eigenvalue weighted by molar-refractivity contribution is 8.17. The molecule has 23 nitrogen and oxygen atoms in total. The first-order valence-electron chi connectivity index (χ1n) is 31.9. The average Bonchev–Trinajstić information content (AvgIpc) is 1.62. The third kappa shape index (κ3) is 19.1. The molecule has 0 amide bonds. The summed E-state index contributed by atoms with van der Waals surface area (Å²) in [6.45, 7) is 16.0. The maximum Gasteiger partial charge on any atom is 0.358 e. The van der Waals surface area contributed by atoms with Gasteiger partial charge in [0, 0.05) is 21.9 Å². The summed E-state index contributed by atoms with van der Waals surface area (Å²) in [6.07, 6.45) is 1.79. The molecule has 1 N–H and O–H groups in total. The molecular formula is C76H69N7O16S5. The number of rotatable bonds is 18. The molecule has 0 fully saturated rings. The van der Waals surface area contributed by atoms with Crippen molar-refractivity contribution in [3.8, 4) is 17.9 Å². The molecular weight excluding hydrogens is 1430 g/mol. The van der Waals surface area contributed by atoms with Crippen molar-refractivity contribution in [2.24, 2.45) is 26.0 Å². The number of ketones is 1. The van der Waals surface area contributed by atoms with Crippen LogP contribution >= 0.6 is 11.8 Å². The molecule has 1 atom stereocenters. The molecule has 10 aromatic rings. The van der Waals surface area contributed by atoms with Crippen molar-refractivity contribution >= 4 is 118 Å². The molecule has 1 unspecified atom stereocenters. The fourth-order valence-corrected chi connectivity index (χ4v) is 13.7. The quantitative estimate of drug-likeness (QED) is 0.0473. The second-order valence-corrected chi connectivity index (χ2v) is 31.5. The molecule has 2 aliphatic rings. The molecule has 104 heavy (non-hydrogen) atoms. The van der Waals surface area contributed by atoms with Crippen LogP contribution in [0.4, 0.5) is 0 Å². The van der Waals surface area contributed by atoms with E-state index >= 15 is 0 Å². The van der Waals surface area contributed by atoms with Crippen molar-refractivity contribution in [2.75, 3.05) is 5.75 Å². The number of aromatic nitrogens is 1. The number of aryl methyl sites for hydroxylation is 4. The second-order valence-electron chi connectivity index (χ2n) is 24.4.